The third-order valence-corrected chi connectivity index (χ3v) is 2.56. The first-order valence-corrected chi connectivity index (χ1v) is 5.95. The average Bonchev–Trinajstić information content (AvgIpc) is 2.63. The van der Waals surface area contributed by atoms with E-state index in [1.54, 1.807) is 0 Å². The summed E-state index contributed by atoms with van der Waals surface area (Å²) in [7, 11) is 0. The highest BCUT2D eigenvalue weighted by atomic mass is 16.4. The monoisotopic (exact) mass is 225 g/mol. The smallest absolute Gasteiger partial charge is 0.129 e. The summed E-state index contributed by atoms with van der Waals surface area (Å²) in [5, 5.41) is 8.93. The lowest BCUT2D eigenvalue weighted by atomic mass is 10.1. The maximum atomic E-state index is 8.93. The molecule has 0 saturated carbocycles. The van der Waals surface area contributed by atoms with Gasteiger partial charge >= 0.3 is 0 Å². The Morgan fingerprint density at radius 2 is 1.81 bits per heavy atom. The van der Waals surface area contributed by atoms with E-state index in [4.69, 9.17) is 9.52 Å². The normalized spacial score (nSPS) is 12.0. The number of nitrogens with zero attached hydrogens (tertiary/aromatic N) is 1. The van der Waals surface area contributed by atoms with Crippen molar-refractivity contribution in [2.24, 2.45) is 5.92 Å². The first kappa shape index (κ1) is 13.3. The van der Waals surface area contributed by atoms with Gasteiger partial charge in [0.05, 0.1) is 6.54 Å². The van der Waals surface area contributed by atoms with Gasteiger partial charge in [0, 0.05) is 12.6 Å². The predicted octanol–water partition coefficient (Wildman–Crippen LogP) is 2.64. The molecule has 1 aromatic heterocycles. The van der Waals surface area contributed by atoms with Crippen molar-refractivity contribution in [2.45, 2.75) is 46.9 Å². The molecule has 0 unspecified atom stereocenters. The molecule has 92 valence electrons. The lowest BCUT2D eigenvalue weighted by Gasteiger charge is -2.27. The summed E-state index contributed by atoms with van der Waals surface area (Å²) in [6.07, 6.45) is 0. The third kappa shape index (κ3) is 3.99. The molecular weight excluding hydrogens is 202 g/mol. The molecule has 0 spiro atoms. The molecule has 0 aliphatic rings. The lowest BCUT2D eigenvalue weighted by molar-refractivity contribution is 0.169. The lowest BCUT2D eigenvalue weighted by Crippen LogP contribution is -2.33. The Kier molecular flexibility index (Phi) is 5.03. The van der Waals surface area contributed by atoms with Gasteiger partial charge in [-0.05, 0) is 31.9 Å². The maximum Gasteiger partial charge on any atom is 0.129 e. The van der Waals surface area contributed by atoms with Crippen molar-refractivity contribution in [3.05, 3.63) is 23.7 Å². The standard InChI is InChI=1S/C13H23NO2/c1-10(2)7-14(11(3)4)8-12-5-6-13(9-15)16-12/h5-6,10-11,15H,7-9H2,1-4H3. The summed E-state index contributed by atoms with van der Waals surface area (Å²) < 4.78 is 5.50. The molecule has 0 aliphatic carbocycles. The number of furan rings is 1. The molecule has 1 heterocycles. The minimum Gasteiger partial charge on any atom is -0.462 e. The van der Waals surface area contributed by atoms with Gasteiger partial charge in [0.25, 0.3) is 0 Å². The zero-order valence-corrected chi connectivity index (χ0v) is 10.7. The van der Waals surface area contributed by atoms with E-state index in [9.17, 15) is 0 Å². The van der Waals surface area contributed by atoms with Crippen molar-refractivity contribution in [3.63, 3.8) is 0 Å². The van der Waals surface area contributed by atoms with Gasteiger partial charge in [0.15, 0.2) is 0 Å². The highest BCUT2D eigenvalue weighted by molar-refractivity contribution is 5.06. The summed E-state index contributed by atoms with van der Waals surface area (Å²) >= 11 is 0. The molecule has 3 nitrogen and oxygen atoms in total. The van der Waals surface area contributed by atoms with Crippen LogP contribution in [0, 0.1) is 5.92 Å². The molecule has 1 rings (SSSR count). The second kappa shape index (κ2) is 6.06. The average molecular weight is 225 g/mol. The molecule has 1 N–H and O–H groups in total. The Labute approximate surface area is 98.1 Å². The second-order valence-electron chi connectivity index (χ2n) is 4.94. The fraction of sp³-hybridized carbons (Fsp3) is 0.692. The Bertz CT molecular complexity index is 305. The molecule has 16 heavy (non-hydrogen) atoms. The highest BCUT2D eigenvalue weighted by Gasteiger charge is 2.13. The topological polar surface area (TPSA) is 36.6 Å². The van der Waals surface area contributed by atoms with E-state index in [0.29, 0.717) is 17.7 Å². The Hall–Kier alpha value is -0.800. The van der Waals surface area contributed by atoms with Gasteiger partial charge in [0.1, 0.15) is 18.1 Å². The van der Waals surface area contributed by atoms with Gasteiger partial charge in [-0.3, -0.25) is 4.90 Å². The Balaban J connectivity index is 2.60. The van der Waals surface area contributed by atoms with Crippen molar-refractivity contribution in [1.29, 1.82) is 0 Å². The van der Waals surface area contributed by atoms with E-state index < -0.39 is 0 Å². The van der Waals surface area contributed by atoms with Crippen LogP contribution in [0.2, 0.25) is 0 Å². The molecule has 1 aromatic rings. The van der Waals surface area contributed by atoms with E-state index in [0.717, 1.165) is 18.8 Å². The number of hydrogen-bond donors (Lipinski definition) is 1. The van der Waals surface area contributed by atoms with Crippen LogP contribution >= 0.6 is 0 Å². The van der Waals surface area contributed by atoms with Crippen LogP contribution in [-0.2, 0) is 13.2 Å². The van der Waals surface area contributed by atoms with Crippen LogP contribution in [0.15, 0.2) is 16.5 Å². The SMILES string of the molecule is CC(C)CN(Cc1ccc(CO)o1)C(C)C. The van der Waals surface area contributed by atoms with Gasteiger partial charge in [0.2, 0.25) is 0 Å². The van der Waals surface area contributed by atoms with Crippen LogP contribution in [0.5, 0.6) is 0 Å². The van der Waals surface area contributed by atoms with Gasteiger partial charge in [-0.25, -0.2) is 0 Å². The van der Waals surface area contributed by atoms with Crippen molar-refractivity contribution in [2.75, 3.05) is 6.54 Å². The number of aliphatic hydroxyl groups excluding tert-OH is 1. The van der Waals surface area contributed by atoms with Crippen molar-refractivity contribution < 1.29 is 9.52 Å². The first-order chi connectivity index (χ1) is 7.52. The van der Waals surface area contributed by atoms with Crippen molar-refractivity contribution >= 4 is 0 Å². The zero-order chi connectivity index (χ0) is 12.1. The first-order valence-electron chi connectivity index (χ1n) is 5.95. The van der Waals surface area contributed by atoms with Gasteiger partial charge in [-0.2, -0.15) is 0 Å². The quantitative estimate of drug-likeness (QED) is 0.808. The van der Waals surface area contributed by atoms with Crippen LogP contribution in [0.25, 0.3) is 0 Å². The Morgan fingerprint density at radius 3 is 2.25 bits per heavy atom. The van der Waals surface area contributed by atoms with E-state index in [1.165, 1.54) is 0 Å². The molecule has 3 heteroatoms. The summed E-state index contributed by atoms with van der Waals surface area (Å²) in [4.78, 5) is 2.38. The fourth-order valence-corrected chi connectivity index (χ4v) is 1.72. The van der Waals surface area contributed by atoms with E-state index in [2.05, 4.69) is 32.6 Å². The summed E-state index contributed by atoms with van der Waals surface area (Å²) in [6.45, 7) is 10.7. The summed E-state index contributed by atoms with van der Waals surface area (Å²) in [5.41, 5.74) is 0. The molecule has 0 amide bonds. The second-order valence-corrected chi connectivity index (χ2v) is 4.94. The van der Waals surface area contributed by atoms with Crippen molar-refractivity contribution in [3.8, 4) is 0 Å². The minimum absolute atomic E-state index is 0.0220. The fourth-order valence-electron chi connectivity index (χ4n) is 1.72. The van der Waals surface area contributed by atoms with Gasteiger partial charge < -0.3 is 9.52 Å². The molecule has 0 fully saturated rings. The van der Waals surface area contributed by atoms with Gasteiger partial charge in [-0.15, -0.1) is 0 Å². The molecule has 0 aliphatic heterocycles. The minimum atomic E-state index is -0.0220. The molecule has 0 bridgehead atoms. The highest BCUT2D eigenvalue weighted by Crippen LogP contribution is 2.14. The largest absolute Gasteiger partial charge is 0.462 e. The van der Waals surface area contributed by atoms with Crippen LogP contribution in [0.3, 0.4) is 0 Å². The molecule has 0 radical (unpaired) electrons. The number of rotatable bonds is 6. The van der Waals surface area contributed by atoms with Crippen molar-refractivity contribution in [1.82, 2.24) is 4.90 Å². The van der Waals surface area contributed by atoms with Crippen LogP contribution in [0.1, 0.15) is 39.2 Å². The van der Waals surface area contributed by atoms with Crippen LogP contribution in [0.4, 0.5) is 0 Å². The third-order valence-electron chi connectivity index (χ3n) is 2.56. The van der Waals surface area contributed by atoms with Crippen LogP contribution in [-0.4, -0.2) is 22.6 Å². The summed E-state index contributed by atoms with van der Waals surface area (Å²) in [6, 6.07) is 4.29. The summed E-state index contributed by atoms with van der Waals surface area (Å²) in [5.74, 6) is 2.22. The maximum absolute atomic E-state index is 8.93. The van der Waals surface area contributed by atoms with E-state index >= 15 is 0 Å². The molecule has 0 atom stereocenters. The van der Waals surface area contributed by atoms with Gasteiger partial charge in [-0.1, -0.05) is 13.8 Å². The Morgan fingerprint density at radius 1 is 1.19 bits per heavy atom. The zero-order valence-electron chi connectivity index (χ0n) is 10.7. The molecule has 0 aromatic carbocycles. The van der Waals surface area contributed by atoms with Crippen LogP contribution < -0.4 is 0 Å². The predicted molar refractivity (Wildman–Crippen MR) is 65.0 cm³/mol. The molecule has 0 saturated heterocycles. The molecular formula is C13H23NO2. The number of aliphatic hydroxyl groups is 1. The van der Waals surface area contributed by atoms with E-state index in [1.807, 2.05) is 12.1 Å². The number of hydrogen-bond acceptors (Lipinski definition) is 3. The van der Waals surface area contributed by atoms with E-state index in [-0.39, 0.29) is 6.61 Å².